The van der Waals surface area contributed by atoms with Gasteiger partial charge in [-0.15, -0.1) is 0 Å². The summed E-state index contributed by atoms with van der Waals surface area (Å²) >= 11 is 0. The van der Waals surface area contributed by atoms with E-state index in [0.717, 1.165) is 24.8 Å². The highest BCUT2D eigenvalue weighted by molar-refractivity contribution is 5.72. The van der Waals surface area contributed by atoms with Gasteiger partial charge in [0.2, 0.25) is 0 Å². The normalized spacial score (nSPS) is 13.1. The third kappa shape index (κ3) is 2.06. The number of hydrogen-bond acceptors (Lipinski definition) is 1. The van der Waals surface area contributed by atoms with Crippen LogP contribution < -0.4 is 0 Å². The molecule has 2 heteroatoms. The number of aldehydes is 1. The zero-order valence-electron chi connectivity index (χ0n) is 9.23. The summed E-state index contributed by atoms with van der Waals surface area (Å²) in [5, 5.41) is 0. The topological polar surface area (TPSA) is 22.0 Å². The van der Waals surface area contributed by atoms with Crippen LogP contribution in [0.5, 0.6) is 0 Å². The number of carbonyl (C=O) groups excluding carboxylic acids is 1. The molecule has 0 fully saturated rings. The van der Waals surface area contributed by atoms with E-state index in [1.165, 1.54) is 0 Å². The number of carbonyl (C=O) groups is 1. The summed E-state index contributed by atoms with van der Waals surface area (Å²) in [4.78, 5) is 10.8. The van der Waals surface area contributed by atoms with Crippen molar-refractivity contribution in [3.8, 4) is 0 Å². The van der Waals surface area contributed by atoms with E-state index < -0.39 is 0 Å². The Hall–Kier alpha value is -1.05. The monoisotopic (exact) mass is 193 g/mol. The summed E-state index contributed by atoms with van der Waals surface area (Å²) in [7, 11) is 0. The van der Waals surface area contributed by atoms with Gasteiger partial charge in [0.05, 0.1) is 5.69 Å². The zero-order chi connectivity index (χ0) is 10.6. The Morgan fingerprint density at radius 2 is 2.07 bits per heavy atom. The van der Waals surface area contributed by atoms with Gasteiger partial charge in [-0.05, 0) is 25.0 Å². The lowest BCUT2D eigenvalue weighted by Gasteiger charge is -2.24. The largest absolute Gasteiger partial charge is 0.342 e. The number of nitrogens with zero attached hydrogens (tertiary/aromatic N) is 1. The molecule has 0 aliphatic rings. The molecule has 0 aromatic carbocycles. The van der Waals surface area contributed by atoms with Crippen LogP contribution in [0, 0.1) is 5.92 Å². The fourth-order valence-electron chi connectivity index (χ4n) is 2.08. The van der Waals surface area contributed by atoms with Crippen LogP contribution >= 0.6 is 0 Å². The maximum absolute atomic E-state index is 10.8. The minimum absolute atomic E-state index is 0.417. The van der Waals surface area contributed by atoms with Crippen molar-refractivity contribution in [1.29, 1.82) is 0 Å². The van der Waals surface area contributed by atoms with Gasteiger partial charge in [0, 0.05) is 12.2 Å². The second kappa shape index (κ2) is 4.99. The number of hydrogen-bond donors (Lipinski definition) is 0. The van der Waals surface area contributed by atoms with Gasteiger partial charge in [0.1, 0.15) is 0 Å². The molecular weight excluding hydrogens is 174 g/mol. The van der Waals surface area contributed by atoms with Crippen LogP contribution in [-0.4, -0.2) is 10.9 Å². The summed E-state index contributed by atoms with van der Waals surface area (Å²) in [6.45, 7) is 6.59. The fraction of sp³-hybridized carbons (Fsp3) is 0.583. The van der Waals surface area contributed by atoms with Crippen molar-refractivity contribution in [2.75, 3.05) is 0 Å². The highest BCUT2D eigenvalue weighted by atomic mass is 16.1. The molecule has 0 spiro atoms. The second-order valence-corrected chi connectivity index (χ2v) is 3.78. The van der Waals surface area contributed by atoms with Crippen LogP contribution in [0.25, 0.3) is 0 Å². The van der Waals surface area contributed by atoms with E-state index in [2.05, 4.69) is 25.3 Å². The van der Waals surface area contributed by atoms with Crippen molar-refractivity contribution in [2.45, 2.75) is 39.7 Å². The van der Waals surface area contributed by atoms with Gasteiger partial charge in [-0.3, -0.25) is 4.79 Å². The Morgan fingerprint density at radius 1 is 1.43 bits per heavy atom. The lowest BCUT2D eigenvalue weighted by Crippen LogP contribution is -2.16. The Balaban J connectivity index is 2.86. The van der Waals surface area contributed by atoms with E-state index in [1.807, 2.05) is 18.3 Å². The van der Waals surface area contributed by atoms with E-state index in [4.69, 9.17) is 0 Å². The third-order valence-electron chi connectivity index (χ3n) is 3.10. The summed E-state index contributed by atoms with van der Waals surface area (Å²) in [5.74, 6) is 0.654. The average molecular weight is 193 g/mol. The zero-order valence-corrected chi connectivity index (χ0v) is 9.23. The molecule has 1 atom stereocenters. The molecule has 0 N–H and O–H groups in total. The molecule has 0 amide bonds. The highest BCUT2D eigenvalue weighted by Crippen LogP contribution is 2.25. The first-order valence-corrected chi connectivity index (χ1v) is 5.36. The van der Waals surface area contributed by atoms with Crippen LogP contribution in [0.4, 0.5) is 0 Å². The smallest absolute Gasteiger partial charge is 0.166 e. The molecule has 1 unspecified atom stereocenters. The summed E-state index contributed by atoms with van der Waals surface area (Å²) in [5.41, 5.74) is 0.782. The van der Waals surface area contributed by atoms with Crippen LogP contribution in [0.15, 0.2) is 18.3 Å². The van der Waals surface area contributed by atoms with Crippen molar-refractivity contribution in [2.24, 2.45) is 5.92 Å². The first kappa shape index (κ1) is 11.0. The van der Waals surface area contributed by atoms with Gasteiger partial charge in [0.25, 0.3) is 0 Å². The molecule has 14 heavy (non-hydrogen) atoms. The minimum atomic E-state index is 0.417. The van der Waals surface area contributed by atoms with Gasteiger partial charge >= 0.3 is 0 Å². The van der Waals surface area contributed by atoms with E-state index in [1.54, 1.807) is 0 Å². The molecule has 1 heterocycles. The molecule has 0 aliphatic carbocycles. The summed E-state index contributed by atoms with van der Waals surface area (Å²) in [6.07, 6.45) is 5.24. The average Bonchev–Trinajstić information content (AvgIpc) is 2.67. The summed E-state index contributed by atoms with van der Waals surface area (Å²) in [6, 6.07) is 4.22. The molecule has 0 aliphatic heterocycles. The summed E-state index contributed by atoms with van der Waals surface area (Å²) < 4.78 is 2.07. The predicted molar refractivity (Wildman–Crippen MR) is 58.6 cm³/mol. The molecule has 0 bridgehead atoms. The molecule has 1 rings (SSSR count). The predicted octanol–water partition coefficient (Wildman–Crippen LogP) is 3.30. The van der Waals surface area contributed by atoms with Crippen molar-refractivity contribution >= 4 is 6.29 Å². The van der Waals surface area contributed by atoms with E-state index >= 15 is 0 Å². The fourth-order valence-corrected chi connectivity index (χ4v) is 2.08. The molecule has 78 valence electrons. The lowest BCUT2D eigenvalue weighted by molar-refractivity contribution is 0.111. The van der Waals surface area contributed by atoms with Gasteiger partial charge in [0.15, 0.2) is 6.29 Å². The number of aromatic nitrogens is 1. The Kier molecular flexibility index (Phi) is 3.93. The van der Waals surface area contributed by atoms with Crippen molar-refractivity contribution in [3.63, 3.8) is 0 Å². The molecular formula is C12H19NO. The second-order valence-electron chi connectivity index (χ2n) is 3.78. The van der Waals surface area contributed by atoms with Crippen LogP contribution in [0.2, 0.25) is 0 Å². The Morgan fingerprint density at radius 3 is 2.57 bits per heavy atom. The van der Waals surface area contributed by atoms with Crippen molar-refractivity contribution in [1.82, 2.24) is 4.57 Å². The minimum Gasteiger partial charge on any atom is -0.342 e. The molecule has 1 aromatic heterocycles. The van der Waals surface area contributed by atoms with Crippen LogP contribution in [0.3, 0.4) is 0 Å². The van der Waals surface area contributed by atoms with E-state index in [-0.39, 0.29) is 0 Å². The maximum atomic E-state index is 10.8. The molecule has 2 nitrogen and oxygen atoms in total. The molecule has 1 aromatic rings. The van der Waals surface area contributed by atoms with Crippen LogP contribution in [-0.2, 0) is 0 Å². The quantitative estimate of drug-likeness (QED) is 0.658. The number of rotatable bonds is 5. The lowest BCUT2D eigenvalue weighted by atomic mass is 9.95. The SMILES string of the molecule is CCC(CC)C(C)n1cccc1C=O. The Bertz CT molecular complexity index is 286. The van der Waals surface area contributed by atoms with E-state index in [9.17, 15) is 4.79 Å². The first-order chi connectivity index (χ1) is 6.74. The van der Waals surface area contributed by atoms with Crippen molar-refractivity contribution < 1.29 is 4.79 Å². The molecule has 0 saturated heterocycles. The van der Waals surface area contributed by atoms with Crippen LogP contribution in [0.1, 0.15) is 50.1 Å². The molecule has 0 radical (unpaired) electrons. The standard InChI is InChI=1S/C12H19NO/c1-4-11(5-2)10(3)13-8-6-7-12(13)9-14/h6-11H,4-5H2,1-3H3. The maximum Gasteiger partial charge on any atom is 0.166 e. The van der Waals surface area contributed by atoms with Gasteiger partial charge < -0.3 is 4.57 Å². The van der Waals surface area contributed by atoms with Gasteiger partial charge in [-0.2, -0.15) is 0 Å². The highest BCUT2D eigenvalue weighted by Gasteiger charge is 2.16. The van der Waals surface area contributed by atoms with E-state index in [0.29, 0.717) is 12.0 Å². The molecule has 0 saturated carbocycles. The van der Waals surface area contributed by atoms with Gasteiger partial charge in [-0.25, -0.2) is 0 Å². The Labute approximate surface area is 85.9 Å². The van der Waals surface area contributed by atoms with Gasteiger partial charge in [-0.1, -0.05) is 26.7 Å². The third-order valence-corrected chi connectivity index (χ3v) is 3.10. The van der Waals surface area contributed by atoms with Crippen molar-refractivity contribution in [3.05, 3.63) is 24.0 Å². The first-order valence-electron chi connectivity index (χ1n) is 5.36.